The van der Waals surface area contributed by atoms with Crippen LogP contribution in [0.4, 0.5) is 0 Å². The average molecular weight is 271 g/mol. The third-order valence-electron chi connectivity index (χ3n) is 4.05. The highest BCUT2D eigenvalue weighted by Crippen LogP contribution is 2.33. The lowest BCUT2D eigenvalue weighted by Gasteiger charge is -2.35. The number of aliphatic hydroxyl groups is 1. The predicted molar refractivity (Wildman–Crippen MR) is 75.9 cm³/mol. The van der Waals surface area contributed by atoms with Crippen molar-refractivity contribution in [2.24, 2.45) is 5.92 Å². The molecule has 1 saturated carbocycles. The normalized spacial score (nSPS) is 27.2. The van der Waals surface area contributed by atoms with Gasteiger partial charge in [0.05, 0.1) is 12.2 Å². The topological polar surface area (TPSA) is 58.6 Å². The van der Waals surface area contributed by atoms with Crippen LogP contribution < -0.4 is 5.32 Å². The number of amides is 1. The van der Waals surface area contributed by atoms with Crippen molar-refractivity contribution in [1.29, 1.82) is 0 Å². The summed E-state index contributed by atoms with van der Waals surface area (Å²) in [4.78, 5) is 11.6. The summed E-state index contributed by atoms with van der Waals surface area (Å²) < 4.78 is 5.28. The van der Waals surface area contributed by atoms with E-state index >= 15 is 0 Å². The number of hydrogen-bond donors (Lipinski definition) is 2. The van der Waals surface area contributed by atoms with Gasteiger partial charge in [0, 0.05) is 19.6 Å². The van der Waals surface area contributed by atoms with Crippen LogP contribution in [0.15, 0.2) is 0 Å². The lowest BCUT2D eigenvalue weighted by molar-refractivity contribution is -0.124. The second kappa shape index (κ2) is 8.54. The Bertz CT molecular complexity index is 260. The Morgan fingerprint density at radius 3 is 2.58 bits per heavy atom. The second-order valence-corrected chi connectivity index (χ2v) is 5.72. The minimum Gasteiger partial charge on any atom is -0.388 e. The highest BCUT2D eigenvalue weighted by atomic mass is 16.5. The number of carbonyl (C=O) groups is 1. The molecule has 0 aromatic carbocycles. The highest BCUT2D eigenvalue weighted by molar-refractivity contribution is 5.76. The lowest BCUT2D eigenvalue weighted by Crippen LogP contribution is -2.45. The first-order valence-electron chi connectivity index (χ1n) is 7.66. The molecular weight excluding hydrogens is 242 g/mol. The fourth-order valence-electron chi connectivity index (χ4n) is 2.56. The number of nitrogens with one attached hydrogen (secondary N) is 1. The van der Waals surface area contributed by atoms with E-state index in [0.717, 1.165) is 38.0 Å². The Balaban J connectivity index is 2.15. The van der Waals surface area contributed by atoms with Gasteiger partial charge in [-0.05, 0) is 38.0 Å². The molecule has 0 bridgehead atoms. The SMILES string of the molecule is CCCOCCC(=O)NCC1(O)CCC(CC)CC1. The minimum absolute atomic E-state index is 0.0258. The molecule has 19 heavy (non-hydrogen) atoms. The molecule has 0 atom stereocenters. The molecule has 2 N–H and O–H groups in total. The number of ether oxygens (including phenoxy) is 1. The maximum absolute atomic E-state index is 11.6. The summed E-state index contributed by atoms with van der Waals surface area (Å²) in [6.07, 6.45) is 6.30. The van der Waals surface area contributed by atoms with Gasteiger partial charge in [0.15, 0.2) is 0 Å². The average Bonchev–Trinajstić information content (AvgIpc) is 2.42. The first kappa shape index (κ1) is 16.4. The van der Waals surface area contributed by atoms with E-state index in [-0.39, 0.29) is 5.91 Å². The first-order valence-corrected chi connectivity index (χ1v) is 7.66. The van der Waals surface area contributed by atoms with Crippen LogP contribution in [-0.2, 0) is 9.53 Å². The fraction of sp³-hybridized carbons (Fsp3) is 0.933. The molecule has 1 amide bonds. The zero-order chi connectivity index (χ0) is 14.1. The summed E-state index contributed by atoms with van der Waals surface area (Å²) in [6, 6.07) is 0. The van der Waals surface area contributed by atoms with Crippen molar-refractivity contribution in [2.45, 2.75) is 64.4 Å². The van der Waals surface area contributed by atoms with Crippen molar-refractivity contribution < 1.29 is 14.6 Å². The van der Waals surface area contributed by atoms with E-state index in [1.807, 2.05) is 6.92 Å². The number of carbonyl (C=O) groups excluding carboxylic acids is 1. The molecule has 4 nitrogen and oxygen atoms in total. The molecule has 112 valence electrons. The van der Waals surface area contributed by atoms with Gasteiger partial charge in [-0.3, -0.25) is 4.79 Å². The van der Waals surface area contributed by atoms with Crippen LogP contribution in [0.25, 0.3) is 0 Å². The van der Waals surface area contributed by atoms with Gasteiger partial charge in [-0.1, -0.05) is 20.3 Å². The van der Waals surface area contributed by atoms with Gasteiger partial charge in [0.25, 0.3) is 0 Å². The molecule has 0 saturated heterocycles. The predicted octanol–water partition coefficient (Wildman–Crippen LogP) is 2.25. The maximum Gasteiger partial charge on any atom is 0.222 e. The molecule has 0 aromatic rings. The van der Waals surface area contributed by atoms with Crippen molar-refractivity contribution in [1.82, 2.24) is 5.32 Å². The summed E-state index contributed by atoms with van der Waals surface area (Å²) in [7, 11) is 0. The van der Waals surface area contributed by atoms with Gasteiger partial charge in [-0.2, -0.15) is 0 Å². The Morgan fingerprint density at radius 2 is 2.00 bits per heavy atom. The monoisotopic (exact) mass is 271 g/mol. The number of hydrogen-bond acceptors (Lipinski definition) is 3. The molecule has 1 rings (SSSR count). The number of rotatable bonds is 8. The van der Waals surface area contributed by atoms with E-state index in [0.29, 0.717) is 26.2 Å². The van der Waals surface area contributed by atoms with Crippen molar-refractivity contribution in [3.05, 3.63) is 0 Å². The van der Waals surface area contributed by atoms with Gasteiger partial charge in [0.2, 0.25) is 5.91 Å². The lowest BCUT2D eigenvalue weighted by atomic mass is 9.78. The van der Waals surface area contributed by atoms with Gasteiger partial charge in [-0.25, -0.2) is 0 Å². The van der Waals surface area contributed by atoms with Crippen LogP contribution in [0.5, 0.6) is 0 Å². The van der Waals surface area contributed by atoms with Gasteiger partial charge in [-0.15, -0.1) is 0 Å². The standard InChI is InChI=1S/C15H29NO3/c1-3-10-19-11-7-14(17)16-12-15(18)8-5-13(4-2)6-9-15/h13,18H,3-12H2,1-2H3,(H,16,17). The van der Waals surface area contributed by atoms with Crippen molar-refractivity contribution in [2.75, 3.05) is 19.8 Å². The molecule has 0 heterocycles. The molecule has 0 unspecified atom stereocenters. The summed E-state index contributed by atoms with van der Waals surface area (Å²) in [6.45, 7) is 5.80. The molecular formula is C15H29NO3. The molecule has 1 aliphatic carbocycles. The Kier molecular flexibility index (Phi) is 7.39. The van der Waals surface area contributed by atoms with E-state index in [4.69, 9.17) is 4.74 Å². The third-order valence-corrected chi connectivity index (χ3v) is 4.05. The van der Waals surface area contributed by atoms with E-state index in [1.54, 1.807) is 0 Å². The van der Waals surface area contributed by atoms with Crippen LogP contribution in [0.1, 0.15) is 58.8 Å². The molecule has 0 spiro atoms. The summed E-state index contributed by atoms with van der Waals surface area (Å²) >= 11 is 0. The third kappa shape index (κ3) is 6.39. The fourth-order valence-corrected chi connectivity index (χ4v) is 2.56. The molecule has 4 heteroatoms. The highest BCUT2D eigenvalue weighted by Gasteiger charge is 2.32. The van der Waals surface area contributed by atoms with Crippen LogP contribution in [-0.4, -0.2) is 36.4 Å². The quantitative estimate of drug-likeness (QED) is 0.666. The Morgan fingerprint density at radius 1 is 1.32 bits per heavy atom. The zero-order valence-corrected chi connectivity index (χ0v) is 12.4. The minimum atomic E-state index is -0.689. The van der Waals surface area contributed by atoms with Crippen LogP contribution in [0.2, 0.25) is 0 Å². The van der Waals surface area contributed by atoms with E-state index in [2.05, 4.69) is 12.2 Å². The van der Waals surface area contributed by atoms with Gasteiger partial charge >= 0.3 is 0 Å². The molecule has 0 aliphatic heterocycles. The molecule has 0 aromatic heterocycles. The smallest absolute Gasteiger partial charge is 0.222 e. The Hall–Kier alpha value is -0.610. The van der Waals surface area contributed by atoms with E-state index in [1.165, 1.54) is 6.42 Å². The van der Waals surface area contributed by atoms with Gasteiger partial charge in [0.1, 0.15) is 0 Å². The zero-order valence-electron chi connectivity index (χ0n) is 12.4. The van der Waals surface area contributed by atoms with Crippen LogP contribution >= 0.6 is 0 Å². The molecule has 1 aliphatic rings. The van der Waals surface area contributed by atoms with Crippen LogP contribution in [0.3, 0.4) is 0 Å². The van der Waals surface area contributed by atoms with E-state index < -0.39 is 5.60 Å². The Labute approximate surface area is 116 Å². The second-order valence-electron chi connectivity index (χ2n) is 5.72. The largest absolute Gasteiger partial charge is 0.388 e. The van der Waals surface area contributed by atoms with Crippen LogP contribution in [0, 0.1) is 5.92 Å². The van der Waals surface area contributed by atoms with Crippen molar-refractivity contribution in [3.8, 4) is 0 Å². The molecule has 1 fully saturated rings. The molecule has 0 radical (unpaired) electrons. The summed E-state index contributed by atoms with van der Waals surface area (Å²) in [5.41, 5.74) is -0.689. The summed E-state index contributed by atoms with van der Waals surface area (Å²) in [5, 5.41) is 13.2. The summed E-state index contributed by atoms with van der Waals surface area (Å²) in [5.74, 6) is 0.723. The van der Waals surface area contributed by atoms with Crippen molar-refractivity contribution in [3.63, 3.8) is 0 Å². The van der Waals surface area contributed by atoms with Crippen molar-refractivity contribution >= 4 is 5.91 Å². The van der Waals surface area contributed by atoms with E-state index in [9.17, 15) is 9.90 Å². The first-order chi connectivity index (χ1) is 9.09. The maximum atomic E-state index is 11.6. The van der Waals surface area contributed by atoms with Gasteiger partial charge < -0.3 is 15.2 Å².